The van der Waals surface area contributed by atoms with E-state index in [1.807, 2.05) is 0 Å². The molecule has 6 nitrogen and oxygen atoms in total. The van der Waals surface area contributed by atoms with Crippen molar-refractivity contribution in [1.29, 1.82) is 0 Å². The summed E-state index contributed by atoms with van der Waals surface area (Å²) in [5.41, 5.74) is 0. The van der Waals surface area contributed by atoms with E-state index in [1.54, 1.807) is 17.7 Å². The number of Topliss-reactive ketones (excluding diaryl/α,β-unsaturated/α-hetero) is 2. The van der Waals surface area contributed by atoms with Gasteiger partial charge in [0.05, 0.1) is 10.9 Å². The molecule has 1 aliphatic rings. The maximum absolute atomic E-state index is 12.4. The molecule has 1 saturated heterocycles. The van der Waals surface area contributed by atoms with Gasteiger partial charge in [-0.2, -0.15) is 0 Å². The highest BCUT2D eigenvalue weighted by Gasteiger charge is 2.49. The first-order chi connectivity index (χ1) is 9.48. The second kappa shape index (κ2) is 5.86. The fraction of sp³-hybridized carbons (Fsp3) is 0.333. The van der Waals surface area contributed by atoms with Gasteiger partial charge in [-0.25, -0.2) is 0 Å². The number of ketones is 2. The number of thiophene rings is 1. The molecule has 1 aromatic heterocycles. The zero-order valence-electron chi connectivity index (χ0n) is 10.5. The second-order valence-corrected chi connectivity index (χ2v) is 6.31. The van der Waals surface area contributed by atoms with Gasteiger partial charge < -0.3 is 5.32 Å². The minimum Gasteiger partial charge on any atom is -0.323 e. The highest BCUT2D eigenvalue weighted by Crippen LogP contribution is 2.30. The molecule has 105 valence electrons. The number of amides is 1. The van der Waals surface area contributed by atoms with Crippen LogP contribution in [-0.4, -0.2) is 40.5 Å². The van der Waals surface area contributed by atoms with Gasteiger partial charge in [-0.05, 0) is 11.4 Å². The lowest BCUT2D eigenvalue weighted by atomic mass is 10.1. The summed E-state index contributed by atoms with van der Waals surface area (Å²) < 4.78 is 0. The van der Waals surface area contributed by atoms with Crippen molar-refractivity contribution in [2.75, 3.05) is 5.75 Å². The summed E-state index contributed by atoms with van der Waals surface area (Å²) >= 11 is 2.16. The highest BCUT2D eigenvalue weighted by atomic mass is 32.2. The van der Waals surface area contributed by atoms with E-state index in [0.29, 0.717) is 4.88 Å². The molecule has 0 spiro atoms. The van der Waals surface area contributed by atoms with Crippen molar-refractivity contribution in [3.05, 3.63) is 22.4 Å². The van der Waals surface area contributed by atoms with Crippen molar-refractivity contribution < 1.29 is 19.2 Å². The summed E-state index contributed by atoms with van der Waals surface area (Å²) in [6.07, 6.45) is 1.73. The topological polar surface area (TPSA) is 92.3 Å². The van der Waals surface area contributed by atoms with Crippen molar-refractivity contribution in [2.24, 2.45) is 0 Å². The Morgan fingerprint density at radius 3 is 2.75 bits per heavy atom. The fourth-order valence-corrected chi connectivity index (χ4v) is 3.68. The van der Waals surface area contributed by atoms with Crippen LogP contribution in [0.25, 0.3) is 0 Å². The van der Waals surface area contributed by atoms with Crippen LogP contribution in [0.2, 0.25) is 0 Å². The van der Waals surface area contributed by atoms with Crippen LogP contribution < -0.4 is 10.6 Å². The van der Waals surface area contributed by atoms with E-state index < -0.39 is 28.5 Å². The van der Waals surface area contributed by atoms with E-state index in [1.165, 1.54) is 13.0 Å². The SMILES string of the molecule is CC(=O)NC1(C(=O)C(=O)c2cccs2)NC([C]=O)CS1. The van der Waals surface area contributed by atoms with E-state index in [0.717, 1.165) is 23.1 Å². The van der Waals surface area contributed by atoms with E-state index in [9.17, 15) is 19.2 Å². The van der Waals surface area contributed by atoms with Crippen LogP contribution in [0.15, 0.2) is 17.5 Å². The Morgan fingerprint density at radius 2 is 2.25 bits per heavy atom. The first-order valence-corrected chi connectivity index (χ1v) is 7.56. The molecular weight excluding hydrogens is 300 g/mol. The third-order valence-corrected chi connectivity index (χ3v) is 4.82. The Morgan fingerprint density at radius 1 is 1.50 bits per heavy atom. The fourth-order valence-electron chi connectivity index (χ4n) is 1.79. The van der Waals surface area contributed by atoms with Gasteiger partial charge in [-0.3, -0.25) is 24.5 Å². The van der Waals surface area contributed by atoms with Gasteiger partial charge in [-0.15, -0.1) is 23.1 Å². The van der Waals surface area contributed by atoms with Crippen molar-refractivity contribution in [2.45, 2.75) is 18.0 Å². The molecule has 1 aliphatic heterocycles. The van der Waals surface area contributed by atoms with Crippen LogP contribution in [0.4, 0.5) is 0 Å². The number of nitrogens with one attached hydrogen (secondary N) is 2. The summed E-state index contributed by atoms with van der Waals surface area (Å²) in [6.45, 7) is 1.24. The summed E-state index contributed by atoms with van der Waals surface area (Å²) in [6, 6.07) is 2.50. The maximum Gasteiger partial charge on any atom is 0.255 e. The molecule has 20 heavy (non-hydrogen) atoms. The molecule has 1 amide bonds. The van der Waals surface area contributed by atoms with Crippen LogP contribution in [0, 0.1) is 0 Å². The van der Waals surface area contributed by atoms with Crippen molar-refractivity contribution in [3.63, 3.8) is 0 Å². The molecule has 0 aliphatic carbocycles. The van der Waals surface area contributed by atoms with Crippen LogP contribution in [0.1, 0.15) is 16.6 Å². The number of hydrogen-bond donors (Lipinski definition) is 2. The van der Waals surface area contributed by atoms with E-state index >= 15 is 0 Å². The van der Waals surface area contributed by atoms with Crippen molar-refractivity contribution in [3.8, 4) is 0 Å². The van der Waals surface area contributed by atoms with E-state index in [4.69, 9.17) is 0 Å². The Hall–Kier alpha value is -1.51. The minimum atomic E-state index is -1.59. The normalized spacial score (nSPS) is 25.1. The van der Waals surface area contributed by atoms with Crippen LogP contribution >= 0.6 is 23.1 Å². The molecule has 1 fully saturated rings. The summed E-state index contributed by atoms with van der Waals surface area (Å²) in [5.74, 6) is -1.70. The number of rotatable bonds is 5. The third-order valence-electron chi connectivity index (χ3n) is 2.61. The zero-order chi connectivity index (χ0) is 14.8. The Bertz CT molecular complexity index is 558. The lowest BCUT2D eigenvalue weighted by molar-refractivity contribution is -0.126. The maximum atomic E-state index is 12.4. The molecule has 2 unspecified atom stereocenters. The third kappa shape index (κ3) is 2.82. The monoisotopic (exact) mass is 311 g/mol. The second-order valence-electron chi connectivity index (χ2n) is 4.12. The van der Waals surface area contributed by atoms with Gasteiger partial charge in [0.1, 0.15) is 0 Å². The Balaban J connectivity index is 2.27. The first kappa shape index (κ1) is 14.9. The van der Waals surface area contributed by atoms with Crippen molar-refractivity contribution >= 4 is 46.9 Å². The number of thioether (sulfide) groups is 1. The van der Waals surface area contributed by atoms with Gasteiger partial charge in [0.25, 0.3) is 5.78 Å². The summed E-state index contributed by atoms with van der Waals surface area (Å²) in [7, 11) is 0. The first-order valence-electron chi connectivity index (χ1n) is 5.69. The standard InChI is InChI=1S/C12H11N2O4S2/c1-7(16)13-12(14-8(5-15)6-20-12)11(18)10(17)9-3-2-4-19-9/h2-4,8,14H,6H2,1H3,(H,13,16). The highest BCUT2D eigenvalue weighted by molar-refractivity contribution is 8.01. The van der Waals surface area contributed by atoms with E-state index in [-0.39, 0.29) is 5.75 Å². The van der Waals surface area contributed by atoms with Crippen molar-refractivity contribution in [1.82, 2.24) is 10.6 Å². The summed E-state index contributed by atoms with van der Waals surface area (Å²) in [5, 5.41) is 6.78. The van der Waals surface area contributed by atoms with Gasteiger partial charge in [0.2, 0.25) is 23.0 Å². The van der Waals surface area contributed by atoms with Gasteiger partial charge in [0, 0.05) is 12.7 Å². The lowest BCUT2D eigenvalue weighted by Crippen LogP contribution is -2.62. The van der Waals surface area contributed by atoms with Gasteiger partial charge >= 0.3 is 0 Å². The molecule has 1 radical (unpaired) electrons. The lowest BCUT2D eigenvalue weighted by Gasteiger charge is -2.26. The minimum absolute atomic E-state index is 0.257. The molecule has 2 heterocycles. The van der Waals surface area contributed by atoms with Crippen LogP contribution in [-0.2, 0) is 14.4 Å². The zero-order valence-corrected chi connectivity index (χ0v) is 12.1. The summed E-state index contributed by atoms with van der Waals surface area (Å²) in [4.78, 5) is 45.2. The molecule has 2 N–H and O–H groups in total. The molecule has 0 saturated carbocycles. The quantitative estimate of drug-likeness (QED) is 0.592. The number of carbonyl (C=O) groups excluding carboxylic acids is 4. The molecule has 1 aromatic rings. The van der Waals surface area contributed by atoms with Crippen LogP contribution in [0.5, 0.6) is 0 Å². The molecule has 0 bridgehead atoms. The molecule has 8 heteroatoms. The predicted octanol–water partition coefficient (Wildman–Crippen LogP) is 0.105. The molecule has 2 atom stereocenters. The molecule has 0 aromatic carbocycles. The largest absolute Gasteiger partial charge is 0.323 e. The van der Waals surface area contributed by atoms with Gasteiger partial charge in [0.15, 0.2) is 0 Å². The number of carbonyl (C=O) groups is 3. The molecule has 2 rings (SSSR count). The predicted molar refractivity (Wildman–Crippen MR) is 75.3 cm³/mol. The average molecular weight is 311 g/mol. The average Bonchev–Trinajstić information content (AvgIpc) is 3.05. The Kier molecular flexibility index (Phi) is 4.36. The van der Waals surface area contributed by atoms with Crippen LogP contribution in [0.3, 0.4) is 0 Å². The Labute approximate surface area is 123 Å². The van der Waals surface area contributed by atoms with E-state index in [2.05, 4.69) is 10.6 Å². The van der Waals surface area contributed by atoms with Gasteiger partial charge in [-0.1, -0.05) is 6.07 Å². The molecular formula is C12H11N2O4S2. The smallest absolute Gasteiger partial charge is 0.255 e. The number of hydrogen-bond acceptors (Lipinski definition) is 7.